The summed E-state index contributed by atoms with van der Waals surface area (Å²) in [5.41, 5.74) is 3.87. The zero-order chi connectivity index (χ0) is 17.6. The number of aryl methyl sites for hydroxylation is 1. The summed E-state index contributed by atoms with van der Waals surface area (Å²) in [4.78, 5) is 24.8. The average Bonchev–Trinajstić information content (AvgIpc) is 3.23. The number of anilines is 1. The van der Waals surface area contributed by atoms with E-state index in [2.05, 4.69) is 31.8 Å². The number of fused-ring (bicyclic) bond motifs is 3. The molecule has 0 unspecified atom stereocenters. The highest BCUT2D eigenvalue weighted by Gasteiger charge is 2.28. The highest BCUT2D eigenvalue weighted by molar-refractivity contribution is 6.09. The number of aromatic amines is 1. The van der Waals surface area contributed by atoms with Crippen LogP contribution in [0.5, 0.6) is 5.88 Å². The fourth-order valence-electron chi connectivity index (χ4n) is 3.29. The first-order valence-corrected chi connectivity index (χ1v) is 8.15. The minimum atomic E-state index is -0.184. The molecular weight excluding hydrogens is 318 g/mol. The van der Waals surface area contributed by atoms with Crippen LogP contribution in [-0.4, -0.2) is 32.5 Å². The van der Waals surface area contributed by atoms with Gasteiger partial charge in [0.15, 0.2) is 0 Å². The number of ether oxygens (including phenoxy) is 1. The maximum absolute atomic E-state index is 12.8. The normalized spacial score (nSPS) is 15.4. The number of aromatic nitrogens is 4. The molecule has 3 aromatic heterocycles. The summed E-state index contributed by atoms with van der Waals surface area (Å²) in [5, 5.41) is 2.93. The fourth-order valence-corrected chi connectivity index (χ4v) is 3.29. The molecule has 1 aliphatic heterocycles. The van der Waals surface area contributed by atoms with Crippen molar-refractivity contribution < 1.29 is 9.53 Å². The second-order valence-electron chi connectivity index (χ2n) is 6.21. The molecule has 3 aromatic rings. The van der Waals surface area contributed by atoms with Crippen molar-refractivity contribution in [1.29, 1.82) is 0 Å². The van der Waals surface area contributed by atoms with Gasteiger partial charge in [0.25, 0.3) is 5.91 Å². The highest BCUT2D eigenvalue weighted by Crippen LogP contribution is 2.35. The van der Waals surface area contributed by atoms with E-state index in [0.717, 1.165) is 23.5 Å². The van der Waals surface area contributed by atoms with Crippen LogP contribution >= 0.6 is 0 Å². The molecule has 0 aromatic carbocycles. The van der Waals surface area contributed by atoms with E-state index in [9.17, 15) is 4.79 Å². The second kappa shape index (κ2) is 5.77. The lowest BCUT2D eigenvalue weighted by molar-refractivity contribution is 0.102. The van der Waals surface area contributed by atoms with Gasteiger partial charge in [-0.15, -0.1) is 0 Å². The second-order valence-corrected chi connectivity index (χ2v) is 6.21. The van der Waals surface area contributed by atoms with Gasteiger partial charge in [-0.05, 0) is 19.9 Å². The Morgan fingerprint density at radius 3 is 3.04 bits per heavy atom. The van der Waals surface area contributed by atoms with Gasteiger partial charge in [-0.3, -0.25) is 4.79 Å². The Morgan fingerprint density at radius 1 is 1.44 bits per heavy atom. The van der Waals surface area contributed by atoms with E-state index in [1.54, 1.807) is 31.6 Å². The molecule has 1 aliphatic rings. The van der Waals surface area contributed by atoms with E-state index >= 15 is 0 Å². The lowest BCUT2D eigenvalue weighted by atomic mass is 10.0. The summed E-state index contributed by atoms with van der Waals surface area (Å²) < 4.78 is 7.21. The molecule has 1 atom stereocenters. The summed E-state index contributed by atoms with van der Waals surface area (Å²) >= 11 is 0. The summed E-state index contributed by atoms with van der Waals surface area (Å²) in [5.74, 6) is 1.16. The number of nitrogens with zero attached hydrogens (tertiary/aromatic N) is 3. The van der Waals surface area contributed by atoms with Crippen molar-refractivity contribution in [1.82, 2.24) is 19.5 Å². The highest BCUT2D eigenvalue weighted by atomic mass is 16.5. The number of carbonyl (C=O) groups excluding carboxylic acids is 1. The Labute approximate surface area is 145 Å². The van der Waals surface area contributed by atoms with Crippen LogP contribution < -0.4 is 10.1 Å². The first-order chi connectivity index (χ1) is 12.1. The van der Waals surface area contributed by atoms with Crippen LogP contribution in [0.15, 0.2) is 30.7 Å². The standard InChI is InChI=1S/C18H19N5O2/c1-10-8-14-16(17-19-6-7-23(10)17)12(9-20-14)18(24)22-13-4-5-15(25-3)21-11(13)2/h4-7,9-10,20H,8H2,1-3H3,(H,22,24)/t10-/m0/s1. The van der Waals surface area contributed by atoms with Gasteiger partial charge in [-0.25, -0.2) is 9.97 Å². The quantitative estimate of drug-likeness (QED) is 0.769. The van der Waals surface area contributed by atoms with Crippen LogP contribution in [0, 0.1) is 6.92 Å². The molecule has 4 rings (SSSR count). The summed E-state index contributed by atoms with van der Waals surface area (Å²) in [7, 11) is 1.56. The van der Waals surface area contributed by atoms with Gasteiger partial charge in [0, 0.05) is 42.8 Å². The van der Waals surface area contributed by atoms with E-state index in [0.29, 0.717) is 28.9 Å². The lowest BCUT2D eigenvalue weighted by Gasteiger charge is -2.22. The van der Waals surface area contributed by atoms with E-state index in [1.807, 2.05) is 13.1 Å². The molecule has 0 fully saturated rings. The maximum Gasteiger partial charge on any atom is 0.258 e. The third kappa shape index (κ3) is 2.48. The monoisotopic (exact) mass is 337 g/mol. The molecule has 128 valence electrons. The molecule has 7 nitrogen and oxygen atoms in total. The van der Waals surface area contributed by atoms with Gasteiger partial charge >= 0.3 is 0 Å². The molecule has 0 saturated heterocycles. The first-order valence-electron chi connectivity index (χ1n) is 8.15. The zero-order valence-corrected chi connectivity index (χ0v) is 14.3. The van der Waals surface area contributed by atoms with Crippen LogP contribution in [0.1, 0.15) is 34.7 Å². The Morgan fingerprint density at radius 2 is 2.28 bits per heavy atom. The third-order valence-corrected chi connectivity index (χ3v) is 4.59. The van der Waals surface area contributed by atoms with E-state index in [-0.39, 0.29) is 5.91 Å². The van der Waals surface area contributed by atoms with Gasteiger partial charge in [-0.1, -0.05) is 0 Å². The molecule has 0 spiro atoms. The molecule has 0 aliphatic carbocycles. The Bertz CT molecular complexity index is 956. The SMILES string of the molecule is COc1ccc(NC(=O)c2c[nH]c3c2-c2nccn2[C@@H](C)C3)c(C)n1. The molecule has 0 bridgehead atoms. The number of carbonyl (C=O) groups is 1. The molecule has 4 heterocycles. The van der Waals surface area contributed by atoms with E-state index < -0.39 is 0 Å². The molecule has 0 saturated carbocycles. The van der Waals surface area contributed by atoms with Gasteiger partial charge < -0.3 is 19.6 Å². The van der Waals surface area contributed by atoms with E-state index in [1.165, 1.54) is 0 Å². The van der Waals surface area contributed by atoms with Crippen LogP contribution in [0.3, 0.4) is 0 Å². The Hall–Kier alpha value is -3.09. The first kappa shape index (κ1) is 15.4. The predicted molar refractivity (Wildman–Crippen MR) is 93.9 cm³/mol. The van der Waals surface area contributed by atoms with Crippen molar-refractivity contribution >= 4 is 11.6 Å². The largest absolute Gasteiger partial charge is 0.481 e. The number of nitrogens with one attached hydrogen (secondary N) is 2. The fraction of sp³-hybridized carbons (Fsp3) is 0.278. The summed E-state index contributed by atoms with van der Waals surface area (Å²) in [6.45, 7) is 3.97. The summed E-state index contributed by atoms with van der Waals surface area (Å²) in [6, 6.07) is 3.83. The number of imidazole rings is 1. The molecular formula is C18H19N5O2. The van der Waals surface area contributed by atoms with Crippen LogP contribution in [-0.2, 0) is 6.42 Å². The molecule has 0 radical (unpaired) electrons. The average molecular weight is 337 g/mol. The third-order valence-electron chi connectivity index (χ3n) is 4.59. The lowest BCUT2D eigenvalue weighted by Crippen LogP contribution is -2.18. The number of pyridine rings is 1. The molecule has 1 amide bonds. The van der Waals surface area contributed by atoms with Crippen LogP contribution in [0.4, 0.5) is 5.69 Å². The van der Waals surface area contributed by atoms with E-state index in [4.69, 9.17) is 4.74 Å². The van der Waals surface area contributed by atoms with Gasteiger partial charge in [0.1, 0.15) is 5.82 Å². The Kier molecular flexibility index (Phi) is 3.56. The molecule has 7 heteroatoms. The summed E-state index contributed by atoms with van der Waals surface area (Å²) in [6.07, 6.45) is 6.32. The number of rotatable bonds is 3. The molecule has 25 heavy (non-hydrogen) atoms. The van der Waals surface area contributed by atoms with Crippen molar-refractivity contribution in [3.05, 3.63) is 47.7 Å². The number of methoxy groups -OCH3 is 1. The van der Waals surface area contributed by atoms with Crippen molar-refractivity contribution in [3.8, 4) is 17.3 Å². The van der Waals surface area contributed by atoms with Crippen molar-refractivity contribution in [2.75, 3.05) is 12.4 Å². The van der Waals surface area contributed by atoms with Crippen molar-refractivity contribution in [2.45, 2.75) is 26.3 Å². The zero-order valence-electron chi connectivity index (χ0n) is 14.3. The minimum Gasteiger partial charge on any atom is -0.481 e. The number of hydrogen-bond acceptors (Lipinski definition) is 4. The van der Waals surface area contributed by atoms with Crippen molar-refractivity contribution in [3.63, 3.8) is 0 Å². The predicted octanol–water partition coefficient (Wildman–Crippen LogP) is 2.96. The van der Waals surface area contributed by atoms with Gasteiger partial charge in [0.05, 0.1) is 29.6 Å². The van der Waals surface area contributed by atoms with Crippen LogP contribution in [0.25, 0.3) is 11.4 Å². The van der Waals surface area contributed by atoms with Gasteiger partial charge in [-0.2, -0.15) is 0 Å². The Balaban J connectivity index is 1.68. The van der Waals surface area contributed by atoms with Crippen LogP contribution in [0.2, 0.25) is 0 Å². The minimum absolute atomic E-state index is 0.184. The number of H-pyrrole nitrogens is 1. The van der Waals surface area contributed by atoms with Gasteiger partial charge in [0.2, 0.25) is 5.88 Å². The van der Waals surface area contributed by atoms with Crippen molar-refractivity contribution in [2.24, 2.45) is 0 Å². The number of hydrogen-bond donors (Lipinski definition) is 2. The smallest absolute Gasteiger partial charge is 0.258 e. The topological polar surface area (TPSA) is 84.8 Å². The maximum atomic E-state index is 12.8. The number of amides is 1. The molecule has 2 N–H and O–H groups in total.